The quantitative estimate of drug-likeness (QED) is 0.0329. The normalized spacial score (nSPS) is 20.1. The highest BCUT2D eigenvalue weighted by Gasteiger charge is 2.48. The molecular formula is C61H65N8O17+. The van der Waals surface area contributed by atoms with E-state index in [-0.39, 0.29) is 59.3 Å². The molecule has 0 bridgehead atoms. The van der Waals surface area contributed by atoms with Crippen LogP contribution in [0.2, 0.25) is 0 Å². The lowest BCUT2D eigenvalue weighted by Gasteiger charge is -2.43. The molecule has 10 N–H and O–H groups in total. The van der Waals surface area contributed by atoms with Gasteiger partial charge in [-0.05, 0) is 71.8 Å². The summed E-state index contributed by atoms with van der Waals surface area (Å²) in [6, 6.07) is 26.8. The number of pyridine rings is 1. The van der Waals surface area contributed by atoms with Crippen molar-refractivity contribution in [2.24, 2.45) is 5.73 Å². The second-order valence-corrected chi connectivity index (χ2v) is 20.8. The fourth-order valence-corrected chi connectivity index (χ4v) is 10.6. The van der Waals surface area contributed by atoms with Crippen LogP contribution in [0.4, 0.5) is 17.1 Å². The molecule has 7 atom stereocenters. The number of carboxylic acid groups (broad SMARTS) is 1. The Hall–Kier alpha value is -9.50. The number of methoxy groups -OCH3 is 4. The fraction of sp³-hybridized carbons (Fsp3) is 0.311. The van der Waals surface area contributed by atoms with Crippen molar-refractivity contribution in [3.8, 4) is 28.7 Å². The number of aromatic nitrogens is 1. The van der Waals surface area contributed by atoms with Gasteiger partial charge in [-0.1, -0.05) is 30.3 Å². The number of rotatable bonds is 23. The summed E-state index contributed by atoms with van der Waals surface area (Å²) in [4.78, 5) is 96.4. The molecule has 450 valence electrons. The first-order valence-corrected chi connectivity index (χ1v) is 27.3. The molecule has 0 radical (unpaired) electrons. The number of anilines is 3. The summed E-state index contributed by atoms with van der Waals surface area (Å²) in [6.07, 6.45) is -5.43. The van der Waals surface area contributed by atoms with E-state index in [1.165, 1.54) is 38.6 Å². The molecule has 5 aromatic carbocycles. The van der Waals surface area contributed by atoms with E-state index in [2.05, 4.69) is 26.3 Å². The third kappa shape index (κ3) is 13.5. The van der Waals surface area contributed by atoms with E-state index >= 15 is 0 Å². The van der Waals surface area contributed by atoms with Gasteiger partial charge in [-0.3, -0.25) is 38.7 Å². The molecule has 2 unspecified atom stereocenters. The highest BCUT2D eigenvalue weighted by Crippen LogP contribution is 2.39. The van der Waals surface area contributed by atoms with Crippen LogP contribution >= 0.6 is 0 Å². The number of nitrogens with two attached hydrogens (primary N) is 1. The lowest BCUT2D eigenvalue weighted by Crippen LogP contribution is -2.61. The summed E-state index contributed by atoms with van der Waals surface area (Å²) >= 11 is 0. The third-order valence-corrected chi connectivity index (χ3v) is 15.2. The number of amides is 6. The van der Waals surface area contributed by atoms with Crippen molar-refractivity contribution in [3.63, 3.8) is 0 Å². The highest BCUT2D eigenvalue weighted by molar-refractivity contribution is 6.15. The van der Waals surface area contributed by atoms with Gasteiger partial charge in [0.25, 0.3) is 23.6 Å². The minimum Gasteiger partial charge on any atom is -0.493 e. The van der Waals surface area contributed by atoms with Crippen LogP contribution in [0.5, 0.6) is 28.7 Å². The van der Waals surface area contributed by atoms with E-state index < -0.39 is 78.2 Å². The first-order chi connectivity index (χ1) is 41.3. The molecule has 6 aromatic rings. The van der Waals surface area contributed by atoms with Crippen LogP contribution in [0.15, 0.2) is 115 Å². The maximum absolute atomic E-state index is 14.1. The lowest BCUT2D eigenvalue weighted by molar-refractivity contribution is -0.955. The number of aliphatic hydroxyl groups excluding tert-OH is 3. The second kappa shape index (κ2) is 26.6. The number of carbonyl (C=O) groups excluding carboxylic acids is 6. The zero-order chi connectivity index (χ0) is 61.4. The Morgan fingerprint density at radius 2 is 1.40 bits per heavy atom. The van der Waals surface area contributed by atoms with Gasteiger partial charge in [0.2, 0.25) is 18.1 Å². The summed E-state index contributed by atoms with van der Waals surface area (Å²) in [5.41, 5.74) is 11.2. The predicted molar refractivity (Wildman–Crippen MR) is 309 cm³/mol. The first-order valence-electron chi connectivity index (χ1n) is 27.3. The largest absolute Gasteiger partial charge is 0.493 e. The molecule has 0 saturated carbocycles. The SMILES string of the molecule is COc1cc2c(cc1OC)C[N+](CCc1ccc(NC(=O)c3cc(OC)c(OC)cc3NC(=O)c3cnc4ccccc4c3)cc1)(Cc1ccc(OC3O[C@H](C(=O)O)[C@@H](O)[C@@H](O)[C@@H]3O)c(NC(=O)CCNC(=O)[C@H](CN)N3C(=O)C=CC3=O)c1)CC2. The van der Waals surface area contributed by atoms with Crippen molar-refractivity contribution in [2.45, 2.75) is 69.1 Å². The third-order valence-electron chi connectivity index (χ3n) is 15.2. The summed E-state index contributed by atoms with van der Waals surface area (Å²) in [5.74, 6) is -3.98. The maximum Gasteiger partial charge on any atom is 0.335 e. The van der Waals surface area contributed by atoms with E-state index in [0.29, 0.717) is 76.7 Å². The van der Waals surface area contributed by atoms with Crippen molar-refractivity contribution in [1.82, 2.24) is 15.2 Å². The minimum absolute atomic E-state index is 0.0331. The Kier molecular flexibility index (Phi) is 18.9. The van der Waals surface area contributed by atoms with Gasteiger partial charge in [-0.25, -0.2) is 4.79 Å². The molecule has 25 nitrogen and oxygen atoms in total. The number of quaternary nitrogens is 1. The number of nitrogens with one attached hydrogen (secondary N) is 4. The molecular weight excluding hydrogens is 1120 g/mol. The average molecular weight is 1180 g/mol. The van der Waals surface area contributed by atoms with E-state index in [1.54, 1.807) is 44.6 Å². The van der Waals surface area contributed by atoms with E-state index in [1.807, 2.05) is 48.5 Å². The van der Waals surface area contributed by atoms with Gasteiger partial charge in [0.05, 0.1) is 69.5 Å². The smallest absolute Gasteiger partial charge is 0.335 e. The maximum atomic E-state index is 14.1. The van der Waals surface area contributed by atoms with Gasteiger partial charge in [-0.15, -0.1) is 0 Å². The predicted octanol–water partition coefficient (Wildman–Crippen LogP) is 3.06. The molecule has 0 aliphatic carbocycles. The van der Waals surface area contributed by atoms with Gasteiger partial charge in [0.1, 0.15) is 43.2 Å². The van der Waals surface area contributed by atoms with Gasteiger partial charge in [-0.2, -0.15) is 0 Å². The number of hydrogen-bond acceptors (Lipinski definition) is 18. The Morgan fingerprint density at radius 1 is 0.733 bits per heavy atom. The molecule has 1 saturated heterocycles. The topological polar surface area (TPSA) is 346 Å². The summed E-state index contributed by atoms with van der Waals surface area (Å²) in [5, 5.41) is 53.5. The first kappa shape index (κ1) is 61.1. The second-order valence-electron chi connectivity index (χ2n) is 20.8. The molecule has 1 aromatic heterocycles. The van der Waals surface area contributed by atoms with Crippen molar-refractivity contribution in [2.75, 3.05) is 70.6 Å². The van der Waals surface area contributed by atoms with Crippen LogP contribution in [-0.4, -0.2) is 168 Å². The molecule has 6 amide bonds. The van der Waals surface area contributed by atoms with E-state index in [9.17, 15) is 54.0 Å². The van der Waals surface area contributed by atoms with Crippen LogP contribution in [0.25, 0.3) is 10.9 Å². The van der Waals surface area contributed by atoms with Crippen molar-refractivity contribution in [3.05, 3.63) is 149 Å². The zero-order valence-corrected chi connectivity index (χ0v) is 47.3. The van der Waals surface area contributed by atoms with Crippen molar-refractivity contribution in [1.29, 1.82) is 0 Å². The van der Waals surface area contributed by atoms with Crippen LogP contribution in [0.1, 0.15) is 49.4 Å². The van der Waals surface area contributed by atoms with Gasteiger partial charge in [0.15, 0.2) is 29.1 Å². The monoisotopic (exact) mass is 1180 g/mol. The Bertz CT molecular complexity index is 3600. The highest BCUT2D eigenvalue weighted by atomic mass is 16.7. The van der Waals surface area contributed by atoms with Crippen LogP contribution in [0, 0.1) is 0 Å². The molecule has 25 heteroatoms. The molecule has 3 aliphatic rings. The van der Waals surface area contributed by atoms with E-state index in [0.717, 1.165) is 34.2 Å². The lowest BCUT2D eigenvalue weighted by atomic mass is 9.94. The standard InChI is InChI=1S/C61H64N8O17/c1-81-46-25-35-19-22-69(32-38(35)26-47(46)82-2,21-18-33-9-12-39(13-10-33)65-58(77)40-27-48(83-3)49(84-4)28-42(40)67-57(76)37-24-36-7-5-6-8-41(36)64-30-37)31-34-11-14-45(85-61-55(75)53(73)54(74)56(86-61)60(79)80)43(23-34)66-50(70)17-20-63-59(78)44(29-62)68-51(71)15-16-52(68)72/h5-16,23-28,30,44,53-56,61,73-75H,17-22,29,31-32,62H2,1-4H3,(H4-,63,65,66,67,70,76,77,78,79,80)/p+1/t44-,53+,54-,55-,56-,61?,69?/m0/s1. The van der Waals surface area contributed by atoms with Crippen molar-refractivity contribution < 1.29 is 86.9 Å². The molecule has 86 heavy (non-hydrogen) atoms. The summed E-state index contributed by atoms with van der Waals surface area (Å²) in [7, 11) is 6.00. The van der Waals surface area contributed by atoms with Crippen LogP contribution in [-0.2, 0) is 54.6 Å². The number of carboxylic acids is 1. The van der Waals surface area contributed by atoms with Gasteiger partial charge >= 0.3 is 5.97 Å². The average Bonchev–Trinajstić information content (AvgIpc) is 2.45. The minimum atomic E-state index is -2.00. The van der Waals surface area contributed by atoms with E-state index in [4.69, 9.17) is 34.2 Å². The molecule has 4 heterocycles. The van der Waals surface area contributed by atoms with Crippen LogP contribution < -0.4 is 50.7 Å². The molecule has 3 aliphatic heterocycles. The fourth-order valence-electron chi connectivity index (χ4n) is 10.6. The summed E-state index contributed by atoms with van der Waals surface area (Å²) in [6.45, 7) is 1.42. The zero-order valence-electron chi connectivity index (χ0n) is 47.3. The molecule has 0 spiro atoms. The number of aliphatic carboxylic acids is 1. The number of fused-ring (bicyclic) bond motifs is 2. The van der Waals surface area contributed by atoms with Gasteiger partial charge in [0, 0.05) is 79.0 Å². The van der Waals surface area contributed by atoms with Gasteiger partial charge < -0.3 is 80.3 Å². The summed E-state index contributed by atoms with van der Waals surface area (Å²) < 4.78 is 34.3. The number of nitrogens with zero attached hydrogens (tertiary/aromatic N) is 3. The number of imide groups is 1. The Morgan fingerprint density at radius 3 is 2.08 bits per heavy atom. The molecule has 9 rings (SSSR count). The number of benzene rings is 5. The Balaban J connectivity index is 0.959. The molecule has 1 fully saturated rings. The number of para-hydroxylation sites is 1. The number of carbonyl (C=O) groups is 7. The van der Waals surface area contributed by atoms with Crippen molar-refractivity contribution >= 4 is 69.4 Å². The number of aliphatic hydroxyl groups is 3. The number of ether oxygens (including phenoxy) is 6. The Labute approximate surface area is 492 Å². The number of hydrogen-bond donors (Lipinski definition) is 9. The van der Waals surface area contributed by atoms with Crippen LogP contribution in [0.3, 0.4) is 0 Å².